The average Bonchev–Trinajstić information content (AvgIpc) is 2.28. The molecule has 0 bridgehead atoms. The summed E-state index contributed by atoms with van der Waals surface area (Å²) in [5.74, 6) is -0.790. The molecule has 0 amide bonds. The van der Waals surface area contributed by atoms with Gasteiger partial charge in [0.2, 0.25) is 0 Å². The van der Waals surface area contributed by atoms with Crippen molar-refractivity contribution in [2.24, 2.45) is 0 Å². The van der Waals surface area contributed by atoms with Gasteiger partial charge in [0.1, 0.15) is 6.10 Å². The van der Waals surface area contributed by atoms with Crippen molar-refractivity contribution >= 4 is 23.2 Å². The maximum Gasteiger partial charge on any atom is 0.335 e. The minimum Gasteiger partial charge on any atom is -0.484 e. The zero-order chi connectivity index (χ0) is 14.8. The molecule has 3 unspecified atom stereocenters. The van der Waals surface area contributed by atoms with E-state index in [0.717, 1.165) is 0 Å². The molecule has 6 nitrogen and oxygen atoms in total. The molecule has 19 heavy (non-hydrogen) atoms. The molecule has 0 spiro atoms. The molecule has 0 heterocycles. The number of carbonyl (C=O) groups excluding carboxylic acids is 1. The van der Waals surface area contributed by atoms with E-state index in [0.29, 0.717) is 12.8 Å². The lowest BCUT2D eigenvalue weighted by atomic mass is 10.2. The number of ether oxygens (including phenoxy) is 2. The molecular formula is C12H22O6S. The molecule has 7 heteroatoms. The second kappa shape index (κ2) is 10.1. The smallest absolute Gasteiger partial charge is 0.335 e. The van der Waals surface area contributed by atoms with Gasteiger partial charge in [-0.1, -0.05) is 0 Å². The van der Waals surface area contributed by atoms with Crippen molar-refractivity contribution in [3.05, 3.63) is 0 Å². The number of hydrogen-bond acceptors (Lipinski definition) is 7. The first kappa shape index (κ1) is 18.2. The van der Waals surface area contributed by atoms with Crippen molar-refractivity contribution in [1.82, 2.24) is 0 Å². The Kier molecular flexibility index (Phi) is 9.68. The number of hydrogen-bond donors (Lipinski definition) is 3. The van der Waals surface area contributed by atoms with Gasteiger partial charge in [-0.25, -0.2) is 4.79 Å². The van der Waals surface area contributed by atoms with E-state index in [1.54, 1.807) is 13.8 Å². The Bertz CT molecular complexity index is 283. The van der Waals surface area contributed by atoms with Crippen LogP contribution in [0.25, 0.3) is 0 Å². The van der Waals surface area contributed by atoms with Gasteiger partial charge in [0.25, 0.3) is 0 Å². The summed E-state index contributed by atoms with van der Waals surface area (Å²) in [5.41, 5.74) is 0. The molecule has 0 fully saturated rings. The van der Waals surface area contributed by atoms with E-state index >= 15 is 0 Å². The predicted octanol–water partition coefficient (Wildman–Crippen LogP) is 0.166. The molecule has 0 aromatic carbocycles. The normalized spacial score (nSPS) is 15.4. The molecule has 0 radical (unpaired) electrons. The Labute approximate surface area is 118 Å². The van der Waals surface area contributed by atoms with E-state index in [-0.39, 0.29) is 30.8 Å². The highest BCUT2D eigenvalue weighted by atomic mass is 32.1. The van der Waals surface area contributed by atoms with E-state index in [4.69, 9.17) is 31.9 Å². The van der Waals surface area contributed by atoms with Crippen molar-refractivity contribution in [2.75, 3.05) is 13.2 Å². The largest absolute Gasteiger partial charge is 0.484 e. The highest BCUT2D eigenvalue weighted by molar-refractivity contribution is 7.80. The van der Waals surface area contributed by atoms with E-state index in [9.17, 15) is 9.90 Å². The summed E-state index contributed by atoms with van der Waals surface area (Å²) in [6.45, 7) is 3.24. The van der Waals surface area contributed by atoms with Crippen molar-refractivity contribution in [3.63, 3.8) is 0 Å². The van der Waals surface area contributed by atoms with Gasteiger partial charge < -0.3 is 24.8 Å². The number of esters is 1. The van der Waals surface area contributed by atoms with Crippen LogP contribution in [-0.2, 0) is 14.3 Å². The second-order valence-corrected chi connectivity index (χ2v) is 4.75. The van der Waals surface area contributed by atoms with Crippen LogP contribution in [0, 0.1) is 0 Å². The number of rotatable bonds is 9. The van der Waals surface area contributed by atoms with E-state index in [2.05, 4.69) is 0 Å². The third-order valence-electron chi connectivity index (χ3n) is 2.35. The summed E-state index contributed by atoms with van der Waals surface area (Å²) in [7, 11) is 0. The summed E-state index contributed by atoms with van der Waals surface area (Å²) in [4.78, 5) is 11.5. The predicted molar refractivity (Wildman–Crippen MR) is 72.7 cm³/mol. The SMILES string of the molecule is CC(CCO)OC(=O)C(O)CC(=S)OC(C)CCO. The van der Waals surface area contributed by atoms with E-state index < -0.39 is 18.2 Å². The maximum atomic E-state index is 11.5. The lowest BCUT2D eigenvalue weighted by Gasteiger charge is -2.18. The van der Waals surface area contributed by atoms with Crippen LogP contribution in [-0.4, -0.2) is 57.9 Å². The summed E-state index contributed by atoms with van der Waals surface area (Å²) >= 11 is 4.89. The molecule has 0 saturated carbocycles. The topological polar surface area (TPSA) is 96.2 Å². The highest BCUT2D eigenvalue weighted by Crippen LogP contribution is 2.07. The Morgan fingerprint density at radius 1 is 1.11 bits per heavy atom. The van der Waals surface area contributed by atoms with Gasteiger partial charge in [-0.3, -0.25) is 0 Å². The van der Waals surface area contributed by atoms with Crippen LogP contribution in [0.3, 0.4) is 0 Å². The standard InChI is InChI=1S/C12H22O6S/c1-8(3-5-13)17-11(19)7-10(15)12(16)18-9(2)4-6-14/h8-10,13-15H,3-7H2,1-2H3. The minimum absolute atomic E-state index is 0.0208. The third-order valence-corrected chi connectivity index (χ3v) is 2.62. The van der Waals surface area contributed by atoms with Gasteiger partial charge in [0, 0.05) is 26.1 Å². The number of thiocarbonyl (C=S) groups is 1. The number of aliphatic hydroxyl groups excluding tert-OH is 3. The van der Waals surface area contributed by atoms with Crippen molar-refractivity contribution in [1.29, 1.82) is 0 Å². The Morgan fingerprint density at radius 3 is 2.05 bits per heavy atom. The first-order valence-corrected chi connectivity index (χ1v) is 6.61. The maximum absolute atomic E-state index is 11.5. The van der Waals surface area contributed by atoms with Crippen LogP contribution >= 0.6 is 12.2 Å². The lowest BCUT2D eigenvalue weighted by molar-refractivity contribution is -0.158. The van der Waals surface area contributed by atoms with Crippen molar-refractivity contribution in [2.45, 2.75) is 51.4 Å². The molecular weight excluding hydrogens is 272 g/mol. The molecule has 0 rings (SSSR count). The van der Waals surface area contributed by atoms with Crippen LogP contribution in [0.15, 0.2) is 0 Å². The fourth-order valence-corrected chi connectivity index (χ4v) is 1.59. The summed E-state index contributed by atoms with van der Waals surface area (Å²) in [5, 5.41) is 27.1. The van der Waals surface area contributed by atoms with Gasteiger partial charge in [0.05, 0.1) is 12.5 Å². The van der Waals surface area contributed by atoms with Crippen LogP contribution in [0.4, 0.5) is 0 Å². The monoisotopic (exact) mass is 294 g/mol. The van der Waals surface area contributed by atoms with Gasteiger partial charge in [0.15, 0.2) is 11.2 Å². The molecule has 112 valence electrons. The summed E-state index contributed by atoms with van der Waals surface area (Å²) < 4.78 is 10.1. The van der Waals surface area contributed by atoms with Gasteiger partial charge >= 0.3 is 5.97 Å². The minimum atomic E-state index is -1.38. The zero-order valence-electron chi connectivity index (χ0n) is 11.2. The lowest BCUT2D eigenvalue weighted by Crippen LogP contribution is -2.30. The molecule has 0 aliphatic heterocycles. The van der Waals surface area contributed by atoms with Crippen LogP contribution in [0.5, 0.6) is 0 Å². The zero-order valence-corrected chi connectivity index (χ0v) is 12.1. The quantitative estimate of drug-likeness (QED) is 0.412. The van der Waals surface area contributed by atoms with Gasteiger partial charge in [-0.15, -0.1) is 0 Å². The van der Waals surface area contributed by atoms with Gasteiger partial charge in [-0.2, -0.15) is 0 Å². The highest BCUT2D eigenvalue weighted by Gasteiger charge is 2.22. The fourth-order valence-electron chi connectivity index (χ4n) is 1.27. The van der Waals surface area contributed by atoms with Crippen LogP contribution < -0.4 is 0 Å². The van der Waals surface area contributed by atoms with Crippen molar-refractivity contribution in [3.8, 4) is 0 Å². The Balaban J connectivity index is 4.03. The summed E-state index contributed by atoms with van der Waals surface area (Å²) in [6, 6.07) is 0. The molecule has 3 N–H and O–H groups in total. The molecule has 0 aliphatic carbocycles. The van der Waals surface area contributed by atoms with Crippen molar-refractivity contribution < 1.29 is 29.6 Å². The molecule has 0 aliphatic rings. The molecule has 3 atom stereocenters. The number of carbonyl (C=O) groups is 1. The fraction of sp³-hybridized carbons (Fsp3) is 0.833. The first-order valence-electron chi connectivity index (χ1n) is 6.20. The molecule has 0 saturated heterocycles. The molecule has 0 aromatic heterocycles. The number of aliphatic hydroxyl groups is 3. The van der Waals surface area contributed by atoms with Gasteiger partial charge in [-0.05, 0) is 26.1 Å². The second-order valence-electron chi connectivity index (χ2n) is 4.29. The van der Waals surface area contributed by atoms with E-state index in [1.165, 1.54) is 0 Å². The molecule has 0 aromatic rings. The summed E-state index contributed by atoms with van der Waals surface area (Å²) in [6.07, 6.45) is -1.50. The van der Waals surface area contributed by atoms with Crippen LogP contribution in [0.2, 0.25) is 0 Å². The Hall–Kier alpha value is -0.760. The third kappa shape index (κ3) is 8.88. The Morgan fingerprint density at radius 2 is 1.58 bits per heavy atom. The average molecular weight is 294 g/mol. The van der Waals surface area contributed by atoms with E-state index in [1.807, 2.05) is 0 Å². The first-order chi connectivity index (χ1) is 8.90. The van der Waals surface area contributed by atoms with Crippen LogP contribution in [0.1, 0.15) is 33.1 Å².